The smallest absolute Gasteiger partial charge is 0.0720 e. The molecule has 0 unspecified atom stereocenters. The van der Waals surface area contributed by atoms with E-state index < -0.39 is 0 Å². The van der Waals surface area contributed by atoms with Gasteiger partial charge in [0.1, 0.15) is 0 Å². The van der Waals surface area contributed by atoms with Crippen molar-refractivity contribution in [3.8, 4) is 0 Å². The topological polar surface area (TPSA) is 38.7 Å². The molecule has 1 aliphatic rings. The molecule has 0 amide bonds. The van der Waals surface area contributed by atoms with Gasteiger partial charge in [-0.25, -0.2) is 0 Å². The molecule has 3 rings (SSSR count). The number of rotatable bonds is 7. The van der Waals surface area contributed by atoms with Crippen LogP contribution < -0.4 is 0 Å². The molecular weight excluding hydrogens is 288 g/mol. The minimum Gasteiger partial charge on any atom is -0.393 e. The molecule has 3 nitrogen and oxygen atoms in total. The molecule has 0 bridgehead atoms. The molecule has 0 aromatic heterocycles. The van der Waals surface area contributed by atoms with E-state index in [1.165, 1.54) is 5.56 Å². The predicted molar refractivity (Wildman–Crippen MR) is 89.8 cm³/mol. The molecule has 23 heavy (non-hydrogen) atoms. The van der Waals surface area contributed by atoms with Crippen LogP contribution in [0.4, 0.5) is 0 Å². The molecule has 0 saturated heterocycles. The van der Waals surface area contributed by atoms with Crippen LogP contribution >= 0.6 is 0 Å². The Labute approximate surface area is 137 Å². The van der Waals surface area contributed by atoms with E-state index in [2.05, 4.69) is 24.3 Å². The summed E-state index contributed by atoms with van der Waals surface area (Å²) in [5, 5.41) is 9.95. The Morgan fingerprint density at radius 3 is 2.09 bits per heavy atom. The molecule has 1 aliphatic carbocycles. The number of hydrogen-bond acceptors (Lipinski definition) is 3. The quantitative estimate of drug-likeness (QED) is 0.849. The fourth-order valence-corrected chi connectivity index (χ4v) is 3.12. The summed E-state index contributed by atoms with van der Waals surface area (Å²) < 4.78 is 11.9. The Bertz CT molecular complexity index is 570. The van der Waals surface area contributed by atoms with Gasteiger partial charge in [-0.15, -0.1) is 0 Å². The summed E-state index contributed by atoms with van der Waals surface area (Å²) in [7, 11) is 0. The van der Waals surface area contributed by atoms with Crippen LogP contribution in [0.1, 0.15) is 24.0 Å². The lowest BCUT2D eigenvalue weighted by molar-refractivity contribution is -0.0196. The summed E-state index contributed by atoms with van der Waals surface area (Å²) in [6.07, 6.45) is 1.25. The molecule has 3 heteroatoms. The molecule has 0 heterocycles. The Morgan fingerprint density at radius 2 is 1.43 bits per heavy atom. The van der Waals surface area contributed by atoms with E-state index in [4.69, 9.17) is 9.47 Å². The molecule has 2 aromatic rings. The molecule has 1 fully saturated rings. The zero-order valence-electron chi connectivity index (χ0n) is 13.3. The van der Waals surface area contributed by atoms with Crippen molar-refractivity contribution in [2.45, 2.75) is 38.3 Å². The van der Waals surface area contributed by atoms with Crippen molar-refractivity contribution in [2.75, 3.05) is 6.61 Å². The third-order valence-electron chi connectivity index (χ3n) is 4.36. The third kappa shape index (κ3) is 4.90. The predicted octanol–water partition coefficient (Wildman–Crippen LogP) is 3.56. The highest BCUT2D eigenvalue weighted by Gasteiger charge is 2.34. The van der Waals surface area contributed by atoms with Gasteiger partial charge in [0.25, 0.3) is 0 Å². The largest absolute Gasteiger partial charge is 0.393 e. The van der Waals surface area contributed by atoms with E-state index in [-0.39, 0.29) is 18.1 Å². The van der Waals surface area contributed by atoms with E-state index in [0.29, 0.717) is 26.2 Å². The fourth-order valence-electron chi connectivity index (χ4n) is 3.12. The van der Waals surface area contributed by atoms with Gasteiger partial charge in [-0.3, -0.25) is 0 Å². The Balaban J connectivity index is 1.47. The second kappa shape index (κ2) is 8.25. The summed E-state index contributed by atoms with van der Waals surface area (Å²) >= 11 is 0. The van der Waals surface area contributed by atoms with Gasteiger partial charge in [-0.1, -0.05) is 60.7 Å². The Hall–Kier alpha value is -1.68. The van der Waals surface area contributed by atoms with Crippen LogP contribution in [0.2, 0.25) is 0 Å². The van der Waals surface area contributed by atoms with Crippen LogP contribution in [0.5, 0.6) is 0 Å². The molecular formula is C20H24O3. The van der Waals surface area contributed by atoms with Crippen LogP contribution in [0.3, 0.4) is 0 Å². The fraction of sp³-hybridized carbons (Fsp3) is 0.400. The summed E-state index contributed by atoms with van der Waals surface area (Å²) in [6, 6.07) is 20.3. The van der Waals surface area contributed by atoms with Crippen molar-refractivity contribution < 1.29 is 14.6 Å². The highest BCUT2D eigenvalue weighted by Crippen LogP contribution is 2.30. The summed E-state index contributed by atoms with van der Waals surface area (Å²) in [5.74, 6) is 0.262. The number of ether oxygens (including phenoxy) is 2. The number of aliphatic hydroxyl groups excluding tert-OH is 1. The highest BCUT2D eigenvalue weighted by atomic mass is 16.5. The highest BCUT2D eigenvalue weighted by molar-refractivity contribution is 5.14. The van der Waals surface area contributed by atoms with Crippen molar-refractivity contribution in [2.24, 2.45) is 5.92 Å². The molecule has 0 spiro atoms. The van der Waals surface area contributed by atoms with E-state index >= 15 is 0 Å². The minimum atomic E-state index is -0.277. The lowest BCUT2D eigenvalue weighted by Gasteiger charge is -2.20. The Morgan fingerprint density at radius 1 is 0.826 bits per heavy atom. The van der Waals surface area contributed by atoms with Gasteiger partial charge in [0.15, 0.2) is 0 Å². The first kappa shape index (κ1) is 16.2. The average molecular weight is 312 g/mol. The maximum Gasteiger partial charge on any atom is 0.0720 e. The number of hydrogen-bond donors (Lipinski definition) is 1. The number of benzene rings is 2. The first-order chi connectivity index (χ1) is 11.3. The lowest BCUT2D eigenvalue weighted by Crippen LogP contribution is -2.22. The van der Waals surface area contributed by atoms with Crippen molar-refractivity contribution in [1.82, 2.24) is 0 Å². The molecule has 3 atom stereocenters. The lowest BCUT2D eigenvalue weighted by atomic mass is 10.1. The standard InChI is InChI=1S/C20H24O3/c21-19-11-18(15-22-13-16-7-3-1-4-8-16)20(12-19)23-14-17-9-5-2-6-10-17/h1-10,18-21H,11-15H2/t18-,19-,20-/m0/s1. The van der Waals surface area contributed by atoms with Crippen molar-refractivity contribution in [1.29, 1.82) is 0 Å². The third-order valence-corrected chi connectivity index (χ3v) is 4.36. The van der Waals surface area contributed by atoms with E-state index in [1.54, 1.807) is 0 Å². The first-order valence-corrected chi connectivity index (χ1v) is 8.26. The summed E-state index contributed by atoms with van der Waals surface area (Å²) in [4.78, 5) is 0. The van der Waals surface area contributed by atoms with Crippen LogP contribution in [-0.4, -0.2) is 23.9 Å². The normalized spacial score (nSPS) is 24.0. The van der Waals surface area contributed by atoms with Gasteiger partial charge in [0.05, 0.1) is 32.0 Å². The maximum absolute atomic E-state index is 9.95. The molecule has 1 saturated carbocycles. The van der Waals surface area contributed by atoms with Gasteiger partial charge in [-0.05, 0) is 24.0 Å². The molecule has 1 N–H and O–H groups in total. The van der Waals surface area contributed by atoms with Crippen LogP contribution in [0.15, 0.2) is 60.7 Å². The van der Waals surface area contributed by atoms with Crippen LogP contribution in [-0.2, 0) is 22.7 Å². The molecule has 122 valence electrons. The monoisotopic (exact) mass is 312 g/mol. The van der Waals surface area contributed by atoms with E-state index in [0.717, 1.165) is 12.0 Å². The Kier molecular flexibility index (Phi) is 5.81. The van der Waals surface area contributed by atoms with Gasteiger partial charge in [0, 0.05) is 5.92 Å². The first-order valence-electron chi connectivity index (χ1n) is 8.26. The van der Waals surface area contributed by atoms with Crippen LogP contribution in [0.25, 0.3) is 0 Å². The zero-order chi connectivity index (χ0) is 15.9. The van der Waals surface area contributed by atoms with Crippen molar-refractivity contribution in [3.05, 3.63) is 71.8 Å². The van der Waals surface area contributed by atoms with Gasteiger partial charge < -0.3 is 14.6 Å². The van der Waals surface area contributed by atoms with Crippen LogP contribution in [0, 0.1) is 5.92 Å². The van der Waals surface area contributed by atoms with E-state index in [1.807, 2.05) is 36.4 Å². The molecule has 0 aliphatic heterocycles. The van der Waals surface area contributed by atoms with Gasteiger partial charge in [-0.2, -0.15) is 0 Å². The van der Waals surface area contributed by atoms with Gasteiger partial charge in [0.2, 0.25) is 0 Å². The second-order valence-corrected chi connectivity index (χ2v) is 6.22. The number of aliphatic hydroxyl groups is 1. The summed E-state index contributed by atoms with van der Waals surface area (Å²) in [6.45, 7) is 1.83. The molecule has 2 aromatic carbocycles. The average Bonchev–Trinajstić information content (AvgIpc) is 2.95. The maximum atomic E-state index is 9.95. The molecule has 0 radical (unpaired) electrons. The SMILES string of the molecule is O[C@H]1C[C@@H](COCc2ccccc2)[C@@H](OCc2ccccc2)C1. The van der Waals surface area contributed by atoms with Crippen molar-refractivity contribution >= 4 is 0 Å². The second-order valence-electron chi connectivity index (χ2n) is 6.22. The minimum absolute atomic E-state index is 0.0704. The summed E-state index contributed by atoms with van der Waals surface area (Å²) in [5.41, 5.74) is 2.34. The van der Waals surface area contributed by atoms with E-state index in [9.17, 15) is 5.11 Å². The zero-order valence-corrected chi connectivity index (χ0v) is 13.3. The van der Waals surface area contributed by atoms with Gasteiger partial charge >= 0.3 is 0 Å². The van der Waals surface area contributed by atoms with Crippen molar-refractivity contribution in [3.63, 3.8) is 0 Å².